The lowest BCUT2D eigenvalue weighted by Gasteiger charge is -2.08. The van der Waals surface area contributed by atoms with Crippen molar-refractivity contribution in [2.75, 3.05) is 5.32 Å². The van der Waals surface area contributed by atoms with Crippen LogP contribution < -0.4 is 5.32 Å². The van der Waals surface area contributed by atoms with Crippen LogP contribution in [0.15, 0.2) is 36.4 Å². The van der Waals surface area contributed by atoms with Gasteiger partial charge in [0.25, 0.3) is 0 Å². The Kier molecular flexibility index (Phi) is 4.06. The molecule has 0 bridgehead atoms. The van der Waals surface area contributed by atoms with E-state index in [-0.39, 0.29) is 12.2 Å². The summed E-state index contributed by atoms with van der Waals surface area (Å²) in [5.74, 6) is -0.850. The zero-order valence-electron chi connectivity index (χ0n) is 10.6. The van der Waals surface area contributed by atoms with Crippen molar-refractivity contribution < 1.29 is 23.1 Å². The molecule has 110 valence electrons. The average Bonchev–Trinajstić information content (AvgIpc) is 2.45. The van der Waals surface area contributed by atoms with Gasteiger partial charge in [-0.05, 0) is 29.8 Å². The molecule has 1 heterocycles. The summed E-state index contributed by atoms with van der Waals surface area (Å²) in [4.78, 5) is 10.6. The second-order valence-electron chi connectivity index (χ2n) is 4.16. The lowest BCUT2D eigenvalue weighted by molar-refractivity contribution is -0.137. The van der Waals surface area contributed by atoms with Gasteiger partial charge in [0.2, 0.25) is 0 Å². The van der Waals surface area contributed by atoms with E-state index < -0.39 is 17.7 Å². The highest BCUT2D eigenvalue weighted by molar-refractivity contribution is 5.85. The predicted molar refractivity (Wildman–Crippen MR) is 67.8 cm³/mol. The number of carbonyl (C=O) groups is 1. The van der Waals surface area contributed by atoms with Gasteiger partial charge in [-0.25, -0.2) is 4.79 Å². The monoisotopic (exact) mass is 297 g/mol. The molecule has 0 atom stereocenters. The lowest BCUT2D eigenvalue weighted by atomic mass is 10.1. The maximum absolute atomic E-state index is 12.4. The molecule has 0 aliphatic carbocycles. The molecule has 0 amide bonds. The van der Waals surface area contributed by atoms with E-state index in [1.54, 1.807) is 0 Å². The van der Waals surface area contributed by atoms with E-state index in [4.69, 9.17) is 5.11 Å². The largest absolute Gasteiger partial charge is 0.476 e. The Balaban J connectivity index is 1.98. The van der Waals surface area contributed by atoms with Gasteiger partial charge in [0.05, 0.1) is 5.56 Å². The van der Waals surface area contributed by atoms with E-state index in [0.717, 1.165) is 12.1 Å². The van der Waals surface area contributed by atoms with E-state index in [0.29, 0.717) is 11.4 Å². The average molecular weight is 297 g/mol. The first-order valence-corrected chi connectivity index (χ1v) is 5.83. The van der Waals surface area contributed by atoms with Crippen molar-refractivity contribution in [2.24, 2.45) is 0 Å². The number of anilines is 1. The molecular weight excluding hydrogens is 287 g/mol. The molecule has 0 saturated heterocycles. The molecule has 0 unspecified atom stereocenters. The van der Waals surface area contributed by atoms with Crippen molar-refractivity contribution >= 4 is 11.8 Å². The summed E-state index contributed by atoms with van der Waals surface area (Å²) in [5.41, 5.74) is -0.265. The number of rotatable bonds is 4. The first kappa shape index (κ1) is 14.8. The Morgan fingerprint density at radius 3 is 2.24 bits per heavy atom. The summed E-state index contributed by atoms with van der Waals surface area (Å²) in [7, 11) is 0. The maximum atomic E-state index is 12.4. The van der Waals surface area contributed by atoms with Crippen LogP contribution in [0, 0.1) is 0 Å². The van der Waals surface area contributed by atoms with E-state index in [9.17, 15) is 18.0 Å². The Bertz CT molecular complexity index is 625. The molecule has 0 aliphatic heterocycles. The van der Waals surface area contributed by atoms with Crippen molar-refractivity contribution in [2.45, 2.75) is 12.7 Å². The lowest BCUT2D eigenvalue weighted by Crippen LogP contribution is -2.07. The van der Waals surface area contributed by atoms with Gasteiger partial charge >= 0.3 is 12.1 Å². The van der Waals surface area contributed by atoms with E-state index in [1.165, 1.54) is 24.3 Å². The van der Waals surface area contributed by atoms with Gasteiger partial charge in [0.15, 0.2) is 5.69 Å². The fraction of sp³-hybridized carbons (Fsp3) is 0.154. The topological polar surface area (TPSA) is 75.1 Å². The third kappa shape index (κ3) is 3.91. The minimum absolute atomic E-state index is 0.185. The van der Waals surface area contributed by atoms with Crippen LogP contribution in [-0.2, 0) is 12.7 Å². The predicted octanol–water partition coefficient (Wildman–Crippen LogP) is 2.81. The molecule has 1 aromatic carbocycles. The minimum atomic E-state index is -4.36. The number of halogens is 3. The fourth-order valence-corrected chi connectivity index (χ4v) is 1.54. The Morgan fingerprint density at radius 1 is 1.10 bits per heavy atom. The summed E-state index contributed by atoms with van der Waals surface area (Å²) >= 11 is 0. The van der Waals surface area contributed by atoms with Crippen molar-refractivity contribution in [3.63, 3.8) is 0 Å². The Labute approximate surface area is 117 Å². The van der Waals surface area contributed by atoms with Crippen molar-refractivity contribution in [3.8, 4) is 0 Å². The number of aromatic carboxylic acids is 1. The smallest absolute Gasteiger partial charge is 0.416 e. The van der Waals surface area contributed by atoms with Crippen LogP contribution in [0.25, 0.3) is 0 Å². The second kappa shape index (κ2) is 5.78. The quantitative estimate of drug-likeness (QED) is 0.907. The first-order chi connectivity index (χ1) is 9.86. The Hall–Kier alpha value is -2.64. The molecule has 2 rings (SSSR count). The van der Waals surface area contributed by atoms with Gasteiger partial charge in [0, 0.05) is 6.54 Å². The van der Waals surface area contributed by atoms with Crippen molar-refractivity contribution in [1.29, 1.82) is 0 Å². The number of benzene rings is 1. The summed E-state index contributed by atoms with van der Waals surface area (Å²) in [6, 6.07) is 7.42. The van der Waals surface area contributed by atoms with Crippen LogP contribution in [0.4, 0.5) is 19.0 Å². The molecule has 2 N–H and O–H groups in total. The number of nitrogens with one attached hydrogen (secondary N) is 1. The minimum Gasteiger partial charge on any atom is -0.476 e. The summed E-state index contributed by atoms with van der Waals surface area (Å²) < 4.78 is 37.2. The molecule has 0 spiro atoms. The Morgan fingerprint density at radius 2 is 1.76 bits per heavy atom. The number of aromatic nitrogens is 2. The third-order valence-electron chi connectivity index (χ3n) is 2.64. The van der Waals surface area contributed by atoms with Gasteiger partial charge in [0.1, 0.15) is 5.82 Å². The summed E-state index contributed by atoms with van der Waals surface area (Å²) in [6.45, 7) is 0.249. The van der Waals surface area contributed by atoms with Gasteiger partial charge in [-0.2, -0.15) is 13.2 Å². The van der Waals surface area contributed by atoms with Gasteiger partial charge in [-0.15, -0.1) is 10.2 Å². The number of alkyl halides is 3. The number of carboxylic acids is 1. The van der Waals surface area contributed by atoms with E-state index in [2.05, 4.69) is 15.5 Å². The molecule has 0 aliphatic rings. The first-order valence-electron chi connectivity index (χ1n) is 5.83. The van der Waals surface area contributed by atoms with Gasteiger partial charge < -0.3 is 10.4 Å². The maximum Gasteiger partial charge on any atom is 0.416 e. The van der Waals surface area contributed by atoms with Crippen LogP contribution in [0.1, 0.15) is 21.6 Å². The molecule has 0 radical (unpaired) electrons. The SMILES string of the molecule is O=C(O)c1ccc(NCc2ccc(C(F)(F)F)cc2)nn1. The normalized spacial score (nSPS) is 11.2. The fourth-order valence-electron chi connectivity index (χ4n) is 1.54. The van der Waals surface area contributed by atoms with Crippen LogP contribution in [0.5, 0.6) is 0 Å². The number of hydrogen-bond acceptors (Lipinski definition) is 4. The highest BCUT2D eigenvalue weighted by Gasteiger charge is 2.29. The van der Waals surface area contributed by atoms with Crippen LogP contribution >= 0.6 is 0 Å². The standard InChI is InChI=1S/C13H10F3N3O2/c14-13(15,16)9-3-1-8(2-4-9)7-17-11-6-5-10(12(20)21)18-19-11/h1-6H,7H2,(H,17,19)(H,20,21). The number of nitrogens with zero attached hydrogens (tertiary/aromatic N) is 2. The number of hydrogen-bond donors (Lipinski definition) is 2. The summed E-state index contributed by atoms with van der Waals surface area (Å²) in [5, 5.41) is 18.6. The van der Waals surface area contributed by atoms with E-state index in [1.807, 2.05) is 0 Å². The zero-order valence-corrected chi connectivity index (χ0v) is 10.6. The van der Waals surface area contributed by atoms with Crippen molar-refractivity contribution in [3.05, 3.63) is 53.2 Å². The number of carboxylic acid groups (broad SMARTS) is 1. The molecule has 0 saturated carbocycles. The molecule has 2 aromatic rings. The van der Waals surface area contributed by atoms with Gasteiger partial charge in [-0.3, -0.25) is 0 Å². The molecule has 0 fully saturated rings. The van der Waals surface area contributed by atoms with E-state index >= 15 is 0 Å². The molecule has 21 heavy (non-hydrogen) atoms. The van der Waals surface area contributed by atoms with Crippen LogP contribution in [0.2, 0.25) is 0 Å². The molecule has 8 heteroatoms. The molecular formula is C13H10F3N3O2. The molecule has 1 aromatic heterocycles. The highest BCUT2D eigenvalue weighted by Crippen LogP contribution is 2.29. The summed E-state index contributed by atoms with van der Waals surface area (Å²) in [6.07, 6.45) is -4.36. The second-order valence-corrected chi connectivity index (χ2v) is 4.16. The highest BCUT2D eigenvalue weighted by atomic mass is 19.4. The van der Waals surface area contributed by atoms with Crippen LogP contribution in [-0.4, -0.2) is 21.3 Å². The molecule has 5 nitrogen and oxygen atoms in total. The third-order valence-corrected chi connectivity index (χ3v) is 2.64. The zero-order chi connectivity index (χ0) is 15.5. The van der Waals surface area contributed by atoms with Crippen molar-refractivity contribution in [1.82, 2.24) is 10.2 Å². The van der Waals surface area contributed by atoms with Gasteiger partial charge in [-0.1, -0.05) is 12.1 Å². The van der Waals surface area contributed by atoms with Crippen LogP contribution in [0.3, 0.4) is 0 Å².